The normalized spacial score (nSPS) is 14.3. The van der Waals surface area contributed by atoms with E-state index in [1.165, 1.54) is 11.3 Å². The van der Waals surface area contributed by atoms with Crippen molar-refractivity contribution in [1.29, 1.82) is 0 Å². The highest BCUT2D eigenvalue weighted by molar-refractivity contribution is 6.14. The molecule has 1 fully saturated rings. The van der Waals surface area contributed by atoms with E-state index < -0.39 is 23.8 Å². The van der Waals surface area contributed by atoms with Crippen LogP contribution in [0.25, 0.3) is 6.08 Å². The van der Waals surface area contributed by atoms with Crippen LogP contribution in [0.5, 0.6) is 0 Å². The number of fused-ring (bicyclic) bond motifs is 1. The van der Waals surface area contributed by atoms with E-state index in [2.05, 4.69) is 20.6 Å². The van der Waals surface area contributed by atoms with Gasteiger partial charge in [-0.2, -0.15) is 0 Å². The summed E-state index contributed by atoms with van der Waals surface area (Å²) in [6.45, 7) is 13.7. The van der Waals surface area contributed by atoms with E-state index in [0.717, 1.165) is 23.5 Å². The van der Waals surface area contributed by atoms with E-state index in [-0.39, 0.29) is 62.9 Å². The van der Waals surface area contributed by atoms with Gasteiger partial charge in [-0.3, -0.25) is 38.7 Å². The summed E-state index contributed by atoms with van der Waals surface area (Å²) in [6.07, 6.45) is 5.65. The van der Waals surface area contributed by atoms with Crippen LogP contribution in [0.4, 0.5) is 10.5 Å². The number of carbonyl (C=O) groups excluding carboxylic acids is 6. The van der Waals surface area contributed by atoms with Gasteiger partial charge in [-0.05, 0) is 25.5 Å². The standard InChI is InChI=1S/C49H76N8O18/c1-3-8-57(75-4-2)48(62)39-30-41-42(54-43(50)32-39)31-40(34-52-41)47(61)55-35-38(36-55)33-53-49(63)74-29-28-73-27-26-72-25-24-71-23-22-70-21-20-69-19-18-68-17-16-67-15-14-66-13-12-65-11-10-64-9-7-51-44(58)37-56-45(59)5-6-46(56)60/h5-6,30-31,34,38H,3-4,7-29,32-33,35-37H2,1-2H3,(H2,50,54)(H,51,58)(H,53,63). The predicted molar refractivity (Wildman–Crippen MR) is 268 cm³/mol. The molecule has 0 spiro atoms. The number of aromatic nitrogens is 1. The van der Waals surface area contributed by atoms with Gasteiger partial charge >= 0.3 is 6.09 Å². The van der Waals surface area contributed by atoms with E-state index in [9.17, 15) is 28.8 Å². The first kappa shape index (κ1) is 62.0. The maximum atomic E-state index is 13.2. The summed E-state index contributed by atoms with van der Waals surface area (Å²) in [5.74, 6) is -1.67. The summed E-state index contributed by atoms with van der Waals surface area (Å²) in [4.78, 5) is 90.1. The number of likely N-dealkylation sites (tertiary alicyclic amines) is 1. The molecular formula is C49H76N8O18. The second-order valence-corrected chi connectivity index (χ2v) is 16.6. The highest BCUT2D eigenvalue weighted by Gasteiger charge is 2.32. The lowest BCUT2D eigenvalue weighted by Gasteiger charge is -2.39. The van der Waals surface area contributed by atoms with Crippen LogP contribution in [0.3, 0.4) is 0 Å². The monoisotopic (exact) mass is 1060 g/mol. The number of carbonyl (C=O) groups is 6. The minimum atomic E-state index is -0.565. The summed E-state index contributed by atoms with van der Waals surface area (Å²) >= 11 is 0. The molecule has 1 aromatic heterocycles. The first-order chi connectivity index (χ1) is 36.6. The van der Waals surface area contributed by atoms with E-state index >= 15 is 0 Å². The van der Waals surface area contributed by atoms with Gasteiger partial charge in [0, 0.05) is 69.0 Å². The third-order valence-corrected chi connectivity index (χ3v) is 10.7. The zero-order valence-corrected chi connectivity index (χ0v) is 43.3. The number of hydrogen-bond acceptors (Lipinski definition) is 21. The Hall–Kier alpha value is -5.52. The number of aliphatic imine (C=N–C) groups is 1. The fourth-order valence-corrected chi connectivity index (χ4v) is 6.92. The molecule has 0 atom stereocenters. The Morgan fingerprint density at radius 1 is 0.680 bits per heavy atom. The molecule has 0 radical (unpaired) electrons. The van der Waals surface area contributed by atoms with Crippen molar-refractivity contribution < 1.29 is 85.7 Å². The lowest BCUT2D eigenvalue weighted by molar-refractivity contribution is -0.180. The lowest BCUT2D eigenvalue weighted by Crippen LogP contribution is -2.53. The fourth-order valence-electron chi connectivity index (χ4n) is 6.92. The number of amides is 6. The van der Waals surface area contributed by atoms with Crippen molar-refractivity contribution >= 4 is 53.2 Å². The third-order valence-electron chi connectivity index (χ3n) is 10.7. The molecule has 4 rings (SSSR count). The lowest BCUT2D eigenvalue weighted by atomic mass is 9.99. The van der Waals surface area contributed by atoms with Crippen LogP contribution in [0, 0.1) is 5.92 Å². The Labute approximate surface area is 437 Å². The largest absolute Gasteiger partial charge is 0.447 e. The molecule has 0 aliphatic carbocycles. The van der Waals surface area contributed by atoms with Crippen molar-refractivity contribution in [3.05, 3.63) is 41.2 Å². The zero-order chi connectivity index (χ0) is 53.7. The highest BCUT2D eigenvalue weighted by atomic mass is 16.7. The number of nitrogens with one attached hydrogen (secondary N) is 2. The second kappa shape index (κ2) is 38.1. The Morgan fingerprint density at radius 3 is 1.64 bits per heavy atom. The number of ether oxygens (including phenoxy) is 11. The second-order valence-electron chi connectivity index (χ2n) is 16.6. The molecule has 75 heavy (non-hydrogen) atoms. The minimum Gasteiger partial charge on any atom is -0.447 e. The molecular weight excluding hydrogens is 989 g/mol. The van der Waals surface area contributed by atoms with Crippen molar-refractivity contribution in [2.45, 2.75) is 26.7 Å². The molecule has 6 amide bonds. The zero-order valence-electron chi connectivity index (χ0n) is 43.3. The Kier molecular flexibility index (Phi) is 31.5. The molecule has 4 heterocycles. The van der Waals surface area contributed by atoms with E-state index in [4.69, 9.17) is 62.7 Å². The van der Waals surface area contributed by atoms with E-state index in [1.54, 1.807) is 17.0 Å². The van der Waals surface area contributed by atoms with Crippen LogP contribution in [0.15, 0.2) is 35.0 Å². The summed E-state index contributed by atoms with van der Waals surface area (Å²) in [7, 11) is 0. The van der Waals surface area contributed by atoms with Gasteiger partial charge in [-0.1, -0.05) is 6.92 Å². The average Bonchev–Trinajstić information content (AvgIpc) is 3.58. The van der Waals surface area contributed by atoms with Crippen LogP contribution in [-0.4, -0.2) is 246 Å². The number of pyridine rings is 1. The molecule has 26 heteroatoms. The minimum absolute atomic E-state index is 0.0677. The summed E-state index contributed by atoms with van der Waals surface area (Å²) in [5.41, 5.74) is 7.73. The fraction of sp³-hybridized carbons (Fsp3) is 0.673. The highest BCUT2D eigenvalue weighted by Crippen LogP contribution is 2.28. The van der Waals surface area contributed by atoms with Gasteiger partial charge in [0.1, 0.15) is 19.0 Å². The van der Waals surface area contributed by atoms with Crippen LogP contribution >= 0.6 is 0 Å². The van der Waals surface area contributed by atoms with Gasteiger partial charge < -0.3 is 73.4 Å². The van der Waals surface area contributed by atoms with Crippen LogP contribution in [0.2, 0.25) is 0 Å². The molecule has 0 saturated carbocycles. The van der Waals surface area contributed by atoms with Gasteiger partial charge in [-0.15, -0.1) is 0 Å². The van der Waals surface area contributed by atoms with Crippen LogP contribution in [0.1, 0.15) is 42.7 Å². The first-order valence-electron chi connectivity index (χ1n) is 25.4. The summed E-state index contributed by atoms with van der Waals surface area (Å²) in [6, 6.07) is 1.62. The Morgan fingerprint density at radius 2 is 1.16 bits per heavy atom. The quantitative estimate of drug-likeness (QED) is 0.0442. The van der Waals surface area contributed by atoms with Crippen molar-refractivity contribution in [3.63, 3.8) is 0 Å². The summed E-state index contributed by atoms with van der Waals surface area (Å²) in [5, 5.41) is 6.64. The smallest absolute Gasteiger partial charge is 0.407 e. The van der Waals surface area contributed by atoms with Gasteiger partial charge in [0.2, 0.25) is 5.91 Å². The SMILES string of the molecule is CCCN(OCC)C(=O)C1=Cc2ncc(C(=O)N3CC(CNC(=O)OCCOCCOCCOCCOCCOCCOCCOCCOCCOCCOCCNC(=O)CN4C(=O)C=CC4=O)C3)cc2N=C(N)C1. The van der Waals surface area contributed by atoms with E-state index in [0.29, 0.717) is 174 Å². The molecule has 4 N–H and O–H groups in total. The van der Waals surface area contributed by atoms with E-state index in [1.807, 2.05) is 13.8 Å². The molecule has 26 nitrogen and oxygen atoms in total. The Balaban J connectivity index is 0.822. The maximum absolute atomic E-state index is 13.2. The molecule has 420 valence electrons. The number of imide groups is 1. The molecule has 0 bridgehead atoms. The predicted octanol–water partition coefficient (Wildman–Crippen LogP) is 0.0529. The number of hydrogen-bond donors (Lipinski definition) is 3. The van der Waals surface area contributed by atoms with Gasteiger partial charge in [0.05, 0.1) is 156 Å². The van der Waals surface area contributed by atoms with Crippen LogP contribution in [-0.2, 0) is 76.1 Å². The Bertz CT molecular complexity index is 1960. The molecule has 0 unspecified atom stereocenters. The van der Waals surface area contributed by atoms with Gasteiger partial charge in [-0.25, -0.2) is 14.9 Å². The summed E-state index contributed by atoms with van der Waals surface area (Å²) < 4.78 is 59.9. The van der Waals surface area contributed by atoms with Gasteiger partial charge in [0.25, 0.3) is 23.6 Å². The molecule has 1 saturated heterocycles. The van der Waals surface area contributed by atoms with Crippen molar-refractivity contribution in [3.8, 4) is 0 Å². The number of nitrogens with two attached hydrogens (primary N) is 1. The topological polar surface area (TPSA) is 298 Å². The van der Waals surface area contributed by atoms with Crippen molar-refractivity contribution in [2.75, 3.05) is 185 Å². The van der Waals surface area contributed by atoms with Gasteiger partial charge in [0.15, 0.2) is 0 Å². The number of nitrogens with zero attached hydrogens (tertiary/aromatic N) is 5. The molecule has 0 aromatic carbocycles. The average molecular weight is 1070 g/mol. The van der Waals surface area contributed by atoms with Crippen LogP contribution < -0.4 is 16.4 Å². The van der Waals surface area contributed by atoms with Crippen molar-refractivity contribution in [1.82, 2.24) is 30.5 Å². The van der Waals surface area contributed by atoms with Crippen molar-refractivity contribution in [2.24, 2.45) is 16.6 Å². The first-order valence-corrected chi connectivity index (χ1v) is 25.4. The third kappa shape index (κ3) is 25.7. The number of hydroxylamine groups is 2. The number of rotatable bonds is 43. The molecule has 3 aliphatic heterocycles. The molecule has 3 aliphatic rings. The number of alkyl carbamates (subject to hydrolysis) is 1. The number of amidine groups is 1. The maximum Gasteiger partial charge on any atom is 0.407 e. The molecule has 1 aromatic rings.